The molecule has 0 amide bonds. The van der Waals surface area contributed by atoms with Gasteiger partial charge in [-0.15, -0.1) is 0 Å². The summed E-state index contributed by atoms with van der Waals surface area (Å²) in [5.74, 6) is -1.50. The van der Waals surface area contributed by atoms with E-state index in [0.29, 0.717) is 68.8 Å². The van der Waals surface area contributed by atoms with Crippen molar-refractivity contribution in [2.45, 2.75) is 49.8 Å². The summed E-state index contributed by atoms with van der Waals surface area (Å²) in [6.07, 6.45) is 7.14. The molecule has 0 saturated carbocycles. The molecule has 66 heavy (non-hydrogen) atoms. The quantitative estimate of drug-likeness (QED) is 0.0295. The fourth-order valence-corrected chi connectivity index (χ4v) is 8.67. The van der Waals surface area contributed by atoms with Crippen molar-refractivity contribution in [1.82, 2.24) is 4.58 Å². The van der Waals surface area contributed by atoms with Gasteiger partial charge in [0, 0.05) is 52.9 Å². The number of benzene rings is 2. The average Bonchev–Trinajstić information content (AvgIpc) is 3.44. The van der Waals surface area contributed by atoms with E-state index in [1.807, 2.05) is 46.8 Å². The van der Waals surface area contributed by atoms with Gasteiger partial charge in [-0.25, -0.2) is 29.8 Å². The Morgan fingerprint density at radius 3 is 1.92 bits per heavy atom. The first kappa shape index (κ1) is 60.1. The molecule has 0 saturated heterocycles. The number of fused-ring (bicyclic) bond motifs is 2. The maximum absolute atomic E-state index is 12.2. The minimum absolute atomic E-state index is 0. The van der Waals surface area contributed by atoms with E-state index >= 15 is 0 Å². The number of hydrogen-bond donors (Lipinski definition) is 1. The third-order valence-corrected chi connectivity index (χ3v) is 12.7. The molecule has 4 rings (SSSR count). The van der Waals surface area contributed by atoms with Crippen LogP contribution in [-0.2, 0) is 64.2 Å². The van der Waals surface area contributed by atoms with Crippen molar-refractivity contribution in [2.24, 2.45) is 0 Å². The maximum atomic E-state index is 12.2. The van der Waals surface area contributed by atoms with Crippen molar-refractivity contribution in [2.75, 3.05) is 102 Å². The first-order chi connectivity index (χ1) is 30.3. The smallest absolute Gasteiger partial charge is 0.748 e. The van der Waals surface area contributed by atoms with E-state index in [0.717, 1.165) is 16.5 Å². The van der Waals surface area contributed by atoms with Crippen LogP contribution >= 0.6 is 0 Å². The minimum Gasteiger partial charge on any atom is -0.748 e. The topological polar surface area (TPSA) is 274 Å². The van der Waals surface area contributed by atoms with E-state index < -0.39 is 58.1 Å². The number of hydrogen-bond acceptors (Lipinski definition) is 17. The molecule has 3 aliphatic rings. The molecule has 0 aromatic heterocycles. The third-order valence-electron chi connectivity index (χ3n) is 10.3. The van der Waals surface area contributed by atoms with Gasteiger partial charge in [-0.05, 0) is 74.2 Å². The molecule has 1 unspecified atom stereocenters. The second-order valence-electron chi connectivity index (χ2n) is 14.9. The maximum Gasteiger partial charge on any atom is 1.00 e. The van der Waals surface area contributed by atoms with Gasteiger partial charge in [0.1, 0.15) is 29.0 Å². The van der Waals surface area contributed by atoms with Crippen LogP contribution < -0.4 is 73.9 Å². The number of aliphatic carboxylic acids is 1. The molecular weight excluding hydrogens is 947 g/mol. The van der Waals surface area contributed by atoms with Crippen molar-refractivity contribution in [3.8, 4) is 11.3 Å². The van der Waals surface area contributed by atoms with Gasteiger partial charge in [-0.1, -0.05) is 12.2 Å². The van der Waals surface area contributed by atoms with Crippen LogP contribution in [0.1, 0.15) is 50.7 Å². The first-order valence-corrected chi connectivity index (χ1v) is 25.2. The van der Waals surface area contributed by atoms with Gasteiger partial charge in [0.15, 0.2) is 0 Å². The molecule has 24 heteroatoms. The Morgan fingerprint density at radius 1 is 0.788 bits per heavy atom. The standard InChI is InChI=1S/C42H58N2O17S3.2Na/c1-3-43(16-6-30-63(50,51)52)34-9-11-36-33(13-19-61-39(36)31-34)7-4-8-40-42(2,15-5-29-62(47,48)49)37-32-35(64(53,54)55)10-12-38(37)44(40)17-20-57-22-24-59-26-28-60-27-25-58-23-21-56-18-14-41(45)46;;/h4,7-13,19,31-32H,3,5-6,14-18,20-30H2,1-2H3,(H3-,45,46,47,48,49,50,51,52,53,54,55);;/q;2*+1/p-2. The number of anilines is 1. The fourth-order valence-electron chi connectivity index (χ4n) is 7.20. The fraction of sp³-hybridized carbons (Fsp3) is 0.524. The van der Waals surface area contributed by atoms with Crippen molar-refractivity contribution in [3.05, 3.63) is 83.1 Å². The zero-order valence-corrected chi connectivity index (χ0v) is 44.3. The third kappa shape index (κ3) is 20.1. The molecule has 0 radical (unpaired) electrons. The summed E-state index contributed by atoms with van der Waals surface area (Å²) in [6.45, 7) is 7.63. The Kier molecular flexibility index (Phi) is 26.6. The Hall–Kier alpha value is -2.07. The summed E-state index contributed by atoms with van der Waals surface area (Å²) >= 11 is 0. The molecule has 2 heterocycles. The van der Waals surface area contributed by atoms with E-state index in [9.17, 15) is 43.7 Å². The van der Waals surface area contributed by atoms with Crippen LogP contribution in [0.2, 0.25) is 0 Å². The van der Waals surface area contributed by atoms with Crippen LogP contribution in [0, 0.1) is 0 Å². The summed E-state index contributed by atoms with van der Waals surface area (Å²) < 4.78 is 140. The number of carboxylic acid groups (broad SMARTS) is 1. The van der Waals surface area contributed by atoms with Crippen LogP contribution in [0.15, 0.2) is 75.9 Å². The number of allylic oxidation sites excluding steroid dienone is 3. The summed E-state index contributed by atoms with van der Waals surface area (Å²) in [7, 11) is -13.8. The zero-order chi connectivity index (χ0) is 46.8. The van der Waals surface area contributed by atoms with E-state index in [1.165, 1.54) is 24.5 Å². The van der Waals surface area contributed by atoms with E-state index in [4.69, 9.17) is 33.2 Å². The Labute approximate surface area is 431 Å². The van der Waals surface area contributed by atoms with Crippen LogP contribution in [0.25, 0.3) is 17.4 Å². The van der Waals surface area contributed by atoms with E-state index in [-0.39, 0.29) is 124 Å². The first-order valence-electron chi connectivity index (χ1n) is 20.7. The average molecular weight is 1000 g/mol. The summed E-state index contributed by atoms with van der Waals surface area (Å²) in [4.78, 5) is 11.9. The molecular formula is C42H56N2Na2O17S3. The van der Waals surface area contributed by atoms with Crippen molar-refractivity contribution < 1.29 is 136 Å². The minimum atomic E-state index is -4.86. The summed E-state index contributed by atoms with van der Waals surface area (Å²) in [6, 6.07) is 11.4. The Balaban J connectivity index is 0.00000748. The van der Waals surface area contributed by atoms with Crippen molar-refractivity contribution in [3.63, 3.8) is 0 Å². The molecule has 1 aliphatic carbocycles. The molecule has 2 aliphatic heterocycles. The van der Waals surface area contributed by atoms with E-state index in [1.54, 1.807) is 19.1 Å². The van der Waals surface area contributed by atoms with Gasteiger partial charge in [0.2, 0.25) is 5.36 Å². The zero-order valence-electron chi connectivity index (χ0n) is 37.9. The molecule has 1 N–H and O–H groups in total. The Morgan fingerprint density at radius 2 is 1.36 bits per heavy atom. The summed E-state index contributed by atoms with van der Waals surface area (Å²) in [5.41, 5.74) is 2.16. The van der Waals surface area contributed by atoms with Crippen LogP contribution in [0.5, 0.6) is 0 Å². The second-order valence-corrected chi connectivity index (χ2v) is 19.3. The van der Waals surface area contributed by atoms with Gasteiger partial charge < -0.3 is 51.8 Å². The van der Waals surface area contributed by atoms with Crippen molar-refractivity contribution in [1.29, 1.82) is 0 Å². The SMILES string of the molecule is CC[N+](CCCS(=O)(=O)[O-])=c1ccc2c(/C=C/C=C3/N(CCOCCOCCOCCOCCOCCC(=O)O)c4ccc(S(=O)(=O)[O-])cc4C3(C)CCCS(=O)(=O)[O-])ccoc-2c1.[Na+].[Na+]. The summed E-state index contributed by atoms with van der Waals surface area (Å²) in [5, 5.41) is 9.37. The molecule has 1 aromatic rings. The van der Waals surface area contributed by atoms with Gasteiger partial charge in [0.25, 0.3) is 0 Å². The van der Waals surface area contributed by atoms with E-state index in [2.05, 4.69) is 0 Å². The Bertz CT molecular complexity index is 2450. The molecule has 356 valence electrons. The largest absolute Gasteiger partial charge is 1.00 e. The molecule has 0 spiro atoms. The van der Waals surface area contributed by atoms with Gasteiger partial charge in [0.05, 0.1) is 110 Å². The van der Waals surface area contributed by atoms with Crippen LogP contribution in [0.4, 0.5) is 5.69 Å². The number of carboxylic acids is 1. The molecule has 1 atom stereocenters. The second kappa shape index (κ2) is 29.2. The number of rotatable bonds is 30. The molecule has 19 nitrogen and oxygen atoms in total. The van der Waals surface area contributed by atoms with Crippen LogP contribution in [0.3, 0.4) is 0 Å². The number of ether oxygens (including phenoxy) is 5. The molecule has 0 bridgehead atoms. The predicted octanol–water partition coefficient (Wildman–Crippen LogP) is -3.42. The normalized spacial score (nSPS) is 16.4. The predicted molar refractivity (Wildman–Crippen MR) is 232 cm³/mol. The van der Waals surface area contributed by atoms with Gasteiger partial charge in [-0.2, -0.15) is 0 Å². The monoisotopic (exact) mass is 1000 g/mol. The van der Waals surface area contributed by atoms with Gasteiger partial charge >= 0.3 is 65.1 Å². The number of nitrogens with zero attached hydrogens (tertiary/aromatic N) is 2. The van der Waals surface area contributed by atoms with Crippen LogP contribution in [-0.4, -0.2) is 147 Å². The van der Waals surface area contributed by atoms with Crippen molar-refractivity contribution >= 4 is 48.1 Å². The molecule has 1 aromatic carbocycles. The number of carbonyl (C=O) groups is 1. The molecule has 0 fully saturated rings. The van der Waals surface area contributed by atoms with Gasteiger partial charge in [-0.3, -0.25) is 4.79 Å².